The molecule has 0 aliphatic carbocycles. The van der Waals surface area contributed by atoms with Crippen LogP contribution in [0.1, 0.15) is 20.8 Å². The van der Waals surface area contributed by atoms with Gasteiger partial charge in [0, 0.05) is 0 Å². The Labute approximate surface area is 61.6 Å². The Morgan fingerprint density at radius 3 is 2.60 bits per heavy atom. The summed E-state index contributed by atoms with van der Waals surface area (Å²) in [5.41, 5.74) is 2.29. The third kappa shape index (κ3) is 1.20. The summed E-state index contributed by atoms with van der Waals surface area (Å²) in [4.78, 5) is 4.23. The van der Waals surface area contributed by atoms with Crippen LogP contribution in [0.5, 0.6) is 0 Å². The van der Waals surface area contributed by atoms with Crippen LogP contribution in [0.15, 0.2) is 16.3 Å². The minimum atomic E-state index is 0.736. The lowest BCUT2D eigenvalue weighted by Gasteiger charge is -2.04. The zero-order valence-electron chi connectivity index (χ0n) is 6.77. The van der Waals surface area contributed by atoms with Crippen molar-refractivity contribution in [2.24, 2.45) is 4.99 Å². The first-order valence-corrected chi connectivity index (χ1v) is 3.59. The molecule has 0 radical (unpaired) electrons. The lowest BCUT2D eigenvalue weighted by Crippen LogP contribution is -1.99. The normalized spacial score (nSPS) is 17.7. The topological polar surface area (TPSA) is 21.6 Å². The third-order valence-electron chi connectivity index (χ3n) is 1.56. The van der Waals surface area contributed by atoms with Gasteiger partial charge in [0.1, 0.15) is 5.76 Å². The van der Waals surface area contributed by atoms with E-state index in [4.69, 9.17) is 4.74 Å². The molecule has 0 unspecified atom stereocenters. The number of hydrogen-bond donors (Lipinski definition) is 0. The third-order valence-corrected chi connectivity index (χ3v) is 1.56. The summed E-state index contributed by atoms with van der Waals surface area (Å²) in [5.74, 6) is 1.00. The first kappa shape index (κ1) is 7.32. The maximum atomic E-state index is 5.38. The maximum absolute atomic E-state index is 5.38. The molecule has 0 saturated carbocycles. The Morgan fingerprint density at radius 1 is 1.50 bits per heavy atom. The summed E-state index contributed by atoms with van der Waals surface area (Å²) >= 11 is 0. The van der Waals surface area contributed by atoms with E-state index in [0.717, 1.165) is 24.6 Å². The lowest BCUT2D eigenvalue weighted by molar-refractivity contribution is 0.247. The first-order valence-electron chi connectivity index (χ1n) is 3.59. The fourth-order valence-electron chi connectivity index (χ4n) is 1.06. The number of allylic oxidation sites excluding steroid dienone is 1. The summed E-state index contributed by atoms with van der Waals surface area (Å²) in [7, 11) is 0. The second-order valence-corrected chi connectivity index (χ2v) is 2.44. The van der Waals surface area contributed by atoms with Crippen molar-refractivity contribution >= 4 is 5.71 Å². The number of ether oxygens (including phenoxy) is 1. The average molecular weight is 139 g/mol. The van der Waals surface area contributed by atoms with Gasteiger partial charge >= 0.3 is 0 Å². The number of hydrogen-bond acceptors (Lipinski definition) is 2. The van der Waals surface area contributed by atoms with E-state index in [1.807, 2.05) is 13.8 Å². The molecule has 0 fully saturated rings. The molecule has 1 rings (SSSR count). The van der Waals surface area contributed by atoms with Crippen LogP contribution in [0.25, 0.3) is 0 Å². The van der Waals surface area contributed by atoms with Crippen LogP contribution < -0.4 is 0 Å². The molecule has 0 N–H and O–H groups in total. The van der Waals surface area contributed by atoms with Crippen molar-refractivity contribution < 1.29 is 4.74 Å². The van der Waals surface area contributed by atoms with E-state index in [2.05, 4.69) is 11.9 Å². The van der Waals surface area contributed by atoms with Crippen LogP contribution in [-0.2, 0) is 4.74 Å². The maximum Gasteiger partial charge on any atom is 0.140 e. The monoisotopic (exact) mass is 139 g/mol. The molecule has 2 nitrogen and oxygen atoms in total. The molecule has 10 heavy (non-hydrogen) atoms. The van der Waals surface area contributed by atoms with Gasteiger partial charge in [-0.3, -0.25) is 4.99 Å². The molecule has 56 valence electrons. The highest BCUT2D eigenvalue weighted by atomic mass is 16.5. The zero-order valence-corrected chi connectivity index (χ0v) is 6.77. The molecule has 0 aromatic rings. The molecule has 0 spiro atoms. The Morgan fingerprint density at radius 2 is 2.20 bits per heavy atom. The largest absolute Gasteiger partial charge is 0.492 e. The highest BCUT2D eigenvalue weighted by molar-refractivity contribution is 5.98. The second kappa shape index (κ2) is 2.86. The fraction of sp³-hybridized carbons (Fsp3) is 0.625. The minimum Gasteiger partial charge on any atom is -0.492 e. The second-order valence-electron chi connectivity index (χ2n) is 2.44. The van der Waals surface area contributed by atoms with E-state index in [1.165, 1.54) is 5.57 Å². The quantitative estimate of drug-likeness (QED) is 0.571. The summed E-state index contributed by atoms with van der Waals surface area (Å²) in [6.45, 7) is 7.60. The predicted octanol–water partition coefficient (Wildman–Crippen LogP) is 1.77. The predicted molar refractivity (Wildman–Crippen MR) is 42.3 cm³/mol. The van der Waals surface area contributed by atoms with Gasteiger partial charge in [-0.05, 0) is 26.3 Å². The highest BCUT2D eigenvalue weighted by Gasteiger charge is 2.12. The molecule has 1 aliphatic rings. The van der Waals surface area contributed by atoms with E-state index in [-0.39, 0.29) is 0 Å². The van der Waals surface area contributed by atoms with Gasteiger partial charge < -0.3 is 4.74 Å². The number of rotatable bonds is 2. The van der Waals surface area contributed by atoms with E-state index < -0.39 is 0 Å². The molecule has 0 aromatic heterocycles. The van der Waals surface area contributed by atoms with Crippen molar-refractivity contribution in [3.05, 3.63) is 11.3 Å². The van der Waals surface area contributed by atoms with Crippen LogP contribution in [0, 0.1) is 0 Å². The van der Waals surface area contributed by atoms with Crippen molar-refractivity contribution in [2.75, 3.05) is 13.2 Å². The Balaban J connectivity index is 2.69. The van der Waals surface area contributed by atoms with Crippen LogP contribution in [0.4, 0.5) is 0 Å². The fourth-order valence-corrected chi connectivity index (χ4v) is 1.06. The highest BCUT2D eigenvalue weighted by Crippen LogP contribution is 2.15. The Kier molecular flexibility index (Phi) is 2.10. The van der Waals surface area contributed by atoms with Crippen molar-refractivity contribution in [3.8, 4) is 0 Å². The summed E-state index contributed by atoms with van der Waals surface area (Å²) in [6.07, 6.45) is 0. The van der Waals surface area contributed by atoms with E-state index in [0.29, 0.717) is 0 Å². The first-order chi connectivity index (χ1) is 4.75. The van der Waals surface area contributed by atoms with Gasteiger partial charge in [-0.1, -0.05) is 0 Å². The van der Waals surface area contributed by atoms with Gasteiger partial charge in [-0.15, -0.1) is 0 Å². The molecule has 1 aliphatic heterocycles. The summed E-state index contributed by atoms with van der Waals surface area (Å²) in [6, 6.07) is 0. The van der Waals surface area contributed by atoms with E-state index in [1.54, 1.807) is 0 Å². The summed E-state index contributed by atoms with van der Waals surface area (Å²) < 4.78 is 5.38. The molecule has 0 aromatic carbocycles. The number of aliphatic imine (C=N–C) groups is 1. The lowest BCUT2D eigenvalue weighted by atomic mass is 10.2. The van der Waals surface area contributed by atoms with Crippen LogP contribution in [-0.4, -0.2) is 18.9 Å². The van der Waals surface area contributed by atoms with Crippen molar-refractivity contribution in [1.82, 2.24) is 0 Å². The van der Waals surface area contributed by atoms with Crippen molar-refractivity contribution in [3.63, 3.8) is 0 Å². The molecule has 0 bridgehead atoms. The van der Waals surface area contributed by atoms with E-state index >= 15 is 0 Å². The van der Waals surface area contributed by atoms with Crippen LogP contribution >= 0.6 is 0 Å². The zero-order chi connectivity index (χ0) is 7.56. The van der Waals surface area contributed by atoms with Crippen molar-refractivity contribution in [1.29, 1.82) is 0 Å². The van der Waals surface area contributed by atoms with Gasteiger partial charge in [0.2, 0.25) is 0 Å². The molecule has 2 heteroatoms. The minimum absolute atomic E-state index is 0.736. The van der Waals surface area contributed by atoms with Gasteiger partial charge in [0.25, 0.3) is 0 Å². The number of nitrogens with zero attached hydrogens (tertiary/aromatic N) is 1. The smallest absolute Gasteiger partial charge is 0.140 e. The average Bonchev–Trinajstić information content (AvgIpc) is 2.20. The molecule has 0 saturated heterocycles. The standard InChI is InChI=1S/C8H13NO/c1-4-10-8-6(2)5-9-7(8)3/h4-5H2,1-3H3. The van der Waals surface area contributed by atoms with Crippen molar-refractivity contribution in [2.45, 2.75) is 20.8 Å². The SMILES string of the molecule is CCOC1=C(C)CN=C1C. The van der Waals surface area contributed by atoms with Crippen LogP contribution in [0.2, 0.25) is 0 Å². The molecule has 0 amide bonds. The van der Waals surface area contributed by atoms with Gasteiger partial charge in [-0.2, -0.15) is 0 Å². The Bertz CT molecular complexity index is 191. The van der Waals surface area contributed by atoms with Gasteiger partial charge in [0.15, 0.2) is 0 Å². The van der Waals surface area contributed by atoms with Gasteiger partial charge in [0.05, 0.1) is 18.9 Å². The molecule has 1 heterocycles. The molecule has 0 atom stereocenters. The Hall–Kier alpha value is -0.790. The summed E-state index contributed by atoms with van der Waals surface area (Å²) in [5, 5.41) is 0. The molecular weight excluding hydrogens is 126 g/mol. The van der Waals surface area contributed by atoms with E-state index in [9.17, 15) is 0 Å². The van der Waals surface area contributed by atoms with Crippen LogP contribution in [0.3, 0.4) is 0 Å². The van der Waals surface area contributed by atoms with Gasteiger partial charge in [-0.25, -0.2) is 0 Å². The molecular formula is C8H13NO.